The SMILES string of the molecule is O=C(Nc1ccncc1CO)c1c[nH]c2c3nc-3cc12. The highest BCUT2D eigenvalue weighted by Crippen LogP contribution is 2.39. The van der Waals surface area contributed by atoms with E-state index in [1.165, 1.54) is 6.20 Å². The number of aromatic amines is 1. The third-order valence-electron chi connectivity index (χ3n) is 3.43. The first kappa shape index (κ1) is 11.1. The highest BCUT2D eigenvalue weighted by atomic mass is 16.3. The molecule has 3 heterocycles. The molecule has 0 unspecified atom stereocenters. The Bertz CT molecular complexity index is 854. The van der Waals surface area contributed by atoms with Gasteiger partial charge < -0.3 is 15.4 Å². The molecule has 0 spiro atoms. The third-order valence-corrected chi connectivity index (χ3v) is 3.43. The molecule has 3 N–H and O–H groups in total. The molecule has 0 saturated heterocycles. The van der Waals surface area contributed by atoms with Crippen molar-refractivity contribution in [1.29, 1.82) is 0 Å². The molecular formula is C14H10N4O2. The van der Waals surface area contributed by atoms with E-state index in [2.05, 4.69) is 20.3 Å². The Morgan fingerprint density at radius 1 is 1.45 bits per heavy atom. The maximum absolute atomic E-state index is 12.3. The first-order valence-corrected chi connectivity index (χ1v) is 6.15. The summed E-state index contributed by atoms with van der Waals surface area (Å²) in [7, 11) is 0. The Balaban J connectivity index is 1.68. The quantitative estimate of drug-likeness (QED) is 0.526. The van der Waals surface area contributed by atoms with Crippen LogP contribution in [0.15, 0.2) is 30.7 Å². The number of nitrogens with zero attached hydrogens (tertiary/aromatic N) is 2. The average Bonchev–Trinajstić information content (AvgIpc) is 2.95. The molecule has 2 aliphatic rings. The number of aromatic nitrogens is 3. The predicted molar refractivity (Wildman–Crippen MR) is 73.2 cm³/mol. The monoisotopic (exact) mass is 266 g/mol. The van der Waals surface area contributed by atoms with Gasteiger partial charge in [0, 0.05) is 35.2 Å². The van der Waals surface area contributed by atoms with Crippen molar-refractivity contribution in [3.8, 4) is 11.4 Å². The summed E-state index contributed by atoms with van der Waals surface area (Å²) in [4.78, 5) is 23.5. The van der Waals surface area contributed by atoms with Gasteiger partial charge in [-0.15, -0.1) is 0 Å². The second kappa shape index (κ2) is 3.88. The standard InChI is InChI=1S/C14H10N4O2/c19-6-7-4-15-2-1-10(7)18-14(20)9-5-16-12-8(9)3-11-13(12)17-11/h1-5,16,19H,6H2,(H,15,18,20). The van der Waals surface area contributed by atoms with E-state index in [1.807, 2.05) is 6.07 Å². The topological polar surface area (TPSA) is 90.9 Å². The first-order chi connectivity index (χ1) is 9.78. The molecule has 1 aliphatic heterocycles. The number of aliphatic hydroxyl groups excluding tert-OH is 1. The van der Waals surface area contributed by atoms with Gasteiger partial charge in [-0.05, 0) is 12.1 Å². The summed E-state index contributed by atoms with van der Waals surface area (Å²) >= 11 is 0. The Kier molecular flexibility index (Phi) is 2.16. The minimum atomic E-state index is -0.220. The lowest BCUT2D eigenvalue weighted by Gasteiger charge is -2.07. The number of pyridine rings is 2. The van der Waals surface area contributed by atoms with Crippen molar-refractivity contribution in [2.24, 2.45) is 0 Å². The van der Waals surface area contributed by atoms with Crippen LogP contribution in [0, 0.1) is 0 Å². The van der Waals surface area contributed by atoms with Crippen molar-refractivity contribution in [1.82, 2.24) is 15.0 Å². The zero-order valence-electron chi connectivity index (χ0n) is 10.3. The smallest absolute Gasteiger partial charge is 0.257 e. The molecule has 1 amide bonds. The van der Waals surface area contributed by atoms with Gasteiger partial charge in [0.2, 0.25) is 0 Å². The minimum absolute atomic E-state index is 0.171. The number of aliphatic hydroxyl groups is 1. The maximum atomic E-state index is 12.3. The molecule has 1 aliphatic carbocycles. The van der Waals surface area contributed by atoms with Gasteiger partial charge in [0.05, 0.1) is 23.4 Å². The fraction of sp³-hybridized carbons (Fsp3) is 0.0714. The molecule has 0 radical (unpaired) electrons. The van der Waals surface area contributed by atoms with E-state index in [4.69, 9.17) is 0 Å². The number of hydrogen-bond donors (Lipinski definition) is 3. The molecule has 0 aromatic carbocycles. The highest BCUT2D eigenvalue weighted by Gasteiger charge is 2.25. The van der Waals surface area contributed by atoms with E-state index < -0.39 is 0 Å². The number of fused-ring (bicyclic) bond motifs is 3. The maximum Gasteiger partial charge on any atom is 0.257 e. The van der Waals surface area contributed by atoms with Crippen LogP contribution < -0.4 is 5.32 Å². The number of carbonyl (C=O) groups excluding carboxylic acids is 1. The van der Waals surface area contributed by atoms with Crippen LogP contribution in [-0.4, -0.2) is 26.0 Å². The molecule has 0 saturated carbocycles. The van der Waals surface area contributed by atoms with Crippen LogP contribution in [0.25, 0.3) is 22.3 Å². The van der Waals surface area contributed by atoms with Crippen molar-refractivity contribution in [2.45, 2.75) is 6.61 Å². The number of rotatable bonds is 3. The summed E-state index contributed by atoms with van der Waals surface area (Å²) in [6, 6.07) is 3.56. The number of carbonyl (C=O) groups is 1. The average molecular weight is 266 g/mol. The second-order valence-electron chi connectivity index (χ2n) is 4.63. The van der Waals surface area contributed by atoms with Gasteiger partial charge in [0.1, 0.15) is 5.69 Å². The predicted octanol–water partition coefficient (Wildman–Crippen LogP) is 1.68. The molecule has 0 atom stereocenters. The van der Waals surface area contributed by atoms with Gasteiger partial charge in [-0.25, -0.2) is 4.98 Å². The van der Waals surface area contributed by atoms with Crippen LogP contribution in [0.3, 0.4) is 0 Å². The van der Waals surface area contributed by atoms with E-state index in [0.717, 1.165) is 22.3 Å². The third kappa shape index (κ3) is 1.52. The largest absolute Gasteiger partial charge is 0.392 e. The van der Waals surface area contributed by atoms with E-state index in [1.54, 1.807) is 18.5 Å². The summed E-state index contributed by atoms with van der Waals surface area (Å²) in [5.74, 6) is -0.220. The van der Waals surface area contributed by atoms with Gasteiger partial charge in [0.15, 0.2) is 0 Å². The fourth-order valence-electron chi connectivity index (χ4n) is 2.35. The normalized spacial score (nSPS) is 11.7. The summed E-state index contributed by atoms with van der Waals surface area (Å²) < 4.78 is 0. The van der Waals surface area contributed by atoms with Crippen LogP contribution in [-0.2, 0) is 6.61 Å². The van der Waals surface area contributed by atoms with E-state index >= 15 is 0 Å². The Hall–Kier alpha value is -2.73. The summed E-state index contributed by atoms with van der Waals surface area (Å²) in [6.07, 6.45) is 4.78. The minimum Gasteiger partial charge on any atom is -0.392 e. The lowest BCUT2D eigenvalue weighted by atomic mass is 10.2. The van der Waals surface area contributed by atoms with Crippen molar-refractivity contribution >= 4 is 22.5 Å². The highest BCUT2D eigenvalue weighted by molar-refractivity contribution is 6.17. The molecular weight excluding hydrogens is 256 g/mol. The van der Waals surface area contributed by atoms with Crippen molar-refractivity contribution < 1.29 is 9.90 Å². The molecule has 0 bridgehead atoms. The van der Waals surface area contributed by atoms with E-state index in [0.29, 0.717) is 16.8 Å². The number of anilines is 1. The molecule has 0 fully saturated rings. The number of amides is 1. The van der Waals surface area contributed by atoms with Crippen molar-refractivity contribution in [3.63, 3.8) is 0 Å². The molecule has 2 aromatic heterocycles. The van der Waals surface area contributed by atoms with Crippen molar-refractivity contribution in [3.05, 3.63) is 41.9 Å². The number of hydrogen-bond acceptors (Lipinski definition) is 4. The molecule has 6 heteroatoms. The van der Waals surface area contributed by atoms with Gasteiger partial charge in [-0.2, -0.15) is 0 Å². The number of H-pyrrole nitrogens is 1. The molecule has 98 valence electrons. The zero-order chi connectivity index (χ0) is 13.7. The van der Waals surface area contributed by atoms with Gasteiger partial charge in [0.25, 0.3) is 5.91 Å². The van der Waals surface area contributed by atoms with Crippen LogP contribution in [0.1, 0.15) is 15.9 Å². The lowest BCUT2D eigenvalue weighted by Crippen LogP contribution is -2.13. The van der Waals surface area contributed by atoms with Gasteiger partial charge in [-0.3, -0.25) is 9.78 Å². The van der Waals surface area contributed by atoms with Gasteiger partial charge in [-0.1, -0.05) is 0 Å². The van der Waals surface area contributed by atoms with Crippen LogP contribution in [0.5, 0.6) is 0 Å². The molecule has 2 aromatic rings. The van der Waals surface area contributed by atoms with E-state index in [9.17, 15) is 9.90 Å². The van der Waals surface area contributed by atoms with Crippen LogP contribution in [0.4, 0.5) is 5.69 Å². The van der Waals surface area contributed by atoms with Crippen LogP contribution >= 0.6 is 0 Å². The Morgan fingerprint density at radius 2 is 2.35 bits per heavy atom. The van der Waals surface area contributed by atoms with E-state index in [-0.39, 0.29) is 12.5 Å². The summed E-state index contributed by atoms with van der Waals surface area (Å²) in [6.45, 7) is -0.171. The molecule has 20 heavy (non-hydrogen) atoms. The lowest BCUT2D eigenvalue weighted by molar-refractivity contribution is 0.102. The first-order valence-electron chi connectivity index (χ1n) is 6.15. The fourth-order valence-corrected chi connectivity index (χ4v) is 2.35. The summed E-state index contributed by atoms with van der Waals surface area (Å²) in [5.41, 5.74) is 4.51. The van der Waals surface area contributed by atoms with Gasteiger partial charge >= 0.3 is 0 Å². The van der Waals surface area contributed by atoms with Crippen molar-refractivity contribution in [2.75, 3.05) is 5.32 Å². The second-order valence-corrected chi connectivity index (χ2v) is 4.63. The molecule has 6 nitrogen and oxygen atoms in total. The summed E-state index contributed by atoms with van der Waals surface area (Å²) in [5, 5.41) is 12.9. The zero-order valence-corrected chi connectivity index (χ0v) is 10.3. The molecule has 4 rings (SSSR count). The van der Waals surface area contributed by atoms with Crippen LogP contribution in [0.2, 0.25) is 0 Å². The Morgan fingerprint density at radius 3 is 3.20 bits per heavy atom. The number of nitrogens with one attached hydrogen (secondary N) is 2. The Labute approximate surface area is 113 Å².